The van der Waals surface area contributed by atoms with Crippen molar-refractivity contribution in [1.82, 2.24) is 4.90 Å². The quantitative estimate of drug-likeness (QED) is 0.464. The van der Waals surface area contributed by atoms with Crippen molar-refractivity contribution in [2.24, 2.45) is 5.92 Å². The maximum atomic E-state index is 12.0. The average molecular weight is 249 g/mol. The molecular formula is C8H16BF3KNO. The first-order valence-electron chi connectivity index (χ1n) is 4.72. The fourth-order valence-electron chi connectivity index (χ4n) is 1.77. The van der Waals surface area contributed by atoms with Crippen molar-refractivity contribution in [2.75, 3.05) is 33.3 Å². The van der Waals surface area contributed by atoms with Crippen LogP contribution in [0.4, 0.5) is 8.63 Å². The first kappa shape index (κ1) is 18.8. The minimum Gasteiger partial charge on any atom is -1.00 e. The van der Waals surface area contributed by atoms with Gasteiger partial charge in [0, 0.05) is 20.2 Å². The first-order chi connectivity index (χ1) is 6.22. The molecule has 1 aliphatic heterocycles. The van der Waals surface area contributed by atoms with Gasteiger partial charge in [0.1, 0.15) is 0 Å². The van der Waals surface area contributed by atoms with E-state index in [1.54, 1.807) is 7.11 Å². The molecule has 15 heavy (non-hydrogen) atoms. The molecule has 7 heteroatoms. The fourth-order valence-corrected chi connectivity index (χ4v) is 1.77. The molecule has 0 N–H and O–H groups in total. The third-order valence-corrected chi connectivity index (χ3v) is 2.51. The molecule has 0 atom stereocenters. The van der Waals surface area contributed by atoms with Gasteiger partial charge in [-0.3, -0.25) is 8.63 Å². The Morgan fingerprint density at radius 2 is 1.87 bits per heavy atom. The minimum absolute atomic E-state index is 0. The minimum atomic E-state index is -2.20. The van der Waals surface area contributed by atoms with Crippen LogP contribution in [0.2, 0.25) is 0 Å². The maximum absolute atomic E-state index is 12.0. The Bertz CT molecular complexity index is 148. The van der Waals surface area contributed by atoms with Crippen molar-refractivity contribution in [3.63, 3.8) is 0 Å². The fraction of sp³-hybridized carbons (Fsp3) is 1.00. The Labute approximate surface area is 132 Å². The molecule has 0 radical (unpaired) electrons. The number of piperidine rings is 1. The van der Waals surface area contributed by atoms with Crippen LogP contribution in [-0.4, -0.2) is 45.4 Å². The van der Waals surface area contributed by atoms with Crippen LogP contribution in [0.5, 0.6) is 0 Å². The van der Waals surface area contributed by atoms with Gasteiger partial charge in [-0.1, -0.05) is 0 Å². The second kappa shape index (κ2) is 10.6. The van der Waals surface area contributed by atoms with Crippen molar-refractivity contribution in [2.45, 2.75) is 12.8 Å². The summed E-state index contributed by atoms with van der Waals surface area (Å²) in [5.74, 6) is 0.568. The third kappa shape index (κ3) is 8.18. The van der Waals surface area contributed by atoms with Gasteiger partial charge in [0.2, 0.25) is 0 Å². The normalized spacial score (nSPS) is 17.8. The summed E-state index contributed by atoms with van der Waals surface area (Å²) in [6.07, 6.45) is 1.90. The second-order valence-electron chi connectivity index (χ2n) is 3.59. The van der Waals surface area contributed by atoms with E-state index in [1.807, 2.05) is 4.90 Å². The van der Waals surface area contributed by atoms with Crippen molar-refractivity contribution in [1.29, 1.82) is 0 Å². The summed E-state index contributed by atoms with van der Waals surface area (Å²) >= 11 is 0. The number of ether oxygens (including phenoxy) is 1. The van der Waals surface area contributed by atoms with E-state index < -0.39 is 7.27 Å². The summed E-state index contributed by atoms with van der Waals surface area (Å²) in [7, 11) is -0.509. The van der Waals surface area contributed by atoms with Crippen molar-refractivity contribution in [3.05, 3.63) is 0 Å². The molecule has 0 amide bonds. The van der Waals surface area contributed by atoms with Crippen LogP contribution in [0.25, 0.3) is 0 Å². The molecule has 0 unspecified atom stereocenters. The Morgan fingerprint density at radius 1 is 1.33 bits per heavy atom. The van der Waals surface area contributed by atoms with E-state index >= 15 is 0 Å². The maximum Gasteiger partial charge on any atom is 1.00 e. The largest absolute Gasteiger partial charge is 1.00 e. The molecule has 84 valence electrons. The number of rotatable bonds is 4. The van der Waals surface area contributed by atoms with Gasteiger partial charge in [0.05, 0.1) is 0 Å². The molecule has 1 saturated heterocycles. The molecule has 0 aromatic carbocycles. The van der Waals surface area contributed by atoms with Crippen LogP contribution in [0.1, 0.15) is 12.8 Å². The molecule has 0 bridgehead atoms. The van der Waals surface area contributed by atoms with Crippen LogP contribution < -0.4 is 56.1 Å². The third-order valence-electron chi connectivity index (χ3n) is 2.51. The number of hydrogen-bond acceptors (Lipinski definition) is 2. The van der Waals surface area contributed by atoms with Gasteiger partial charge >= 0.3 is 58.7 Å². The van der Waals surface area contributed by atoms with Gasteiger partial charge in [-0.2, -0.15) is 0 Å². The zero-order valence-electron chi connectivity index (χ0n) is 9.39. The van der Waals surface area contributed by atoms with Gasteiger partial charge in [-0.25, -0.2) is 0 Å². The summed E-state index contributed by atoms with van der Waals surface area (Å²) in [6, 6.07) is 0. The van der Waals surface area contributed by atoms with Crippen LogP contribution in [0.3, 0.4) is 0 Å². The average Bonchev–Trinajstić information content (AvgIpc) is 2.08. The zero-order valence-corrected chi connectivity index (χ0v) is 12.5. The van der Waals surface area contributed by atoms with Crippen LogP contribution >= 0.6 is 0 Å². The Balaban J connectivity index is 0. The van der Waals surface area contributed by atoms with Gasteiger partial charge in [-0.05, 0) is 31.8 Å². The second-order valence-corrected chi connectivity index (χ2v) is 3.59. The number of hydrogen-bond donors (Lipinski definition) is 0. The molecular weight excluding hydrogens is 233 g/mol. The van der Waals surface area contributed by atoms with Crippen molar-refractivity contribution in [3.8, 4) is 0 Å². The van der Waals surface area contributed by atoms with E-state index in [-0.39, 0.29) is 62.5 Å². The molecule has 0 spiro atoms. The Hall–Kier alpha value is 1.41. The SMILES string of the molecule is COCC1CCN(CB(F)F)CC1.[F-].[K+]. The smallest absolute Gasteiger partial charge is 1.00 e. The molecule has 0 aromatic rings. The van der Waals surface area contributed by atoms with E-state index in [2.05, 4.69) is 0 Å². The standard InChI is InChI=1S/C8H16BF2NO.FH.K/c1-13-6-8-2-4-12(5-3-8)7-9(10)11;;/h8H,2-7H2,1H3;1H;/q;;+1/p-1. The first-order valence-corrected chi connectivity index (χ1v) is 4.72. The predicted octanol–water partition coefficient (Wildman–Crippen LogP) is -4.68. The predicted molar refractivity (Wildman–Crippen MR) is 49.0 cm³/mol. The number of methoxy groups -OCH3 is 1. The van der Waals surface area contributed by atoms with Gasteiger partial charge in [0.15, 0.2) is 0 Å². The van der Waals surface area contributed by atoms with Crippen molar-refractivity contribution >= 4 is 7.27 Å². The van der Waals surface area contributed by atoms with Crippen LogP contribution in [-0.2, 0) is 4.74 Å². The summed E-state index contributed by atoms with van der Waals surface area (Å²) in [4.78, 5) is 1.83. The molecule has 1 fully saturated rings. The zero-order chi connectivity index (χ0) is 9.68. The number of nitrogens with zero attached hydrogens (tertiary/aromatic N) is 1. The molecule has 1 rings (SSSR count). The van der Waals surface area contributed by atoms with Crippen LogP contribution in [0.15, 0.2) is 0 Å². The molecule has 1 aliphatic rings. The molecule has 0 aliphatic carbocycles. The van der Waals surface area contributed by atoms with Crippen LogP contribution in [0, 0.1) is 5.92 Å². The number of halogens is 3. The van der Waals surface area contributed by atoms with E-state index in [9.17, 15) is 8.63 Å². The summed E-state index contributed by atoms with van der Waals surface area (Å²) < 4.78 is 29.0. The molecule has 0 aromatic heterocycles. The van der Waals surface area contributed by atoms with E-state index in [0.29, 0.717) is 5.92 Å². The molecule has 1 heterocycles. The summed E-state index contributed by atoms with van der Waals surface area (Å²) in [6.45, 7) is 2.35. The van der Waals surface area contributed by atoms with E-state index in [1.165, 1.54) is 0 Å². The van der Waals surface area contributed by atoms with Gasteiger partial charge < -0.3 is 14.3 Å². The topological polar surface area (TPSA) is 12.5 Å². The molecule has 2 nitrogen and oxygen atoms in total. The number of likely N-dealkylation sites (tertiary alicyclic amines) is 1. The van der Waals surface area contributed by atoms with Crippen molar-refractivity contribution < 1.29 is 69.5 Å². The summed E-state index contributed by atoms with van der Waals surface area (Å²) in [5, 5.41) is 0. The summed E-state index contributed by atoms with van der Waals surface area (Å²) in [5.41, 5.74) is 0. The van der Waals surface area contributed by atoms with Gasteiger partial charge in [0.25, 0.3) is 0 Å². The van der Waals surface area contributed by atoms with E-state index in [4.69, 9.17) is 4.74 Å². The van der Waals surface area contributed by atoms with E-state index in [0.717, 1.165) is 32.5 Å². The molecule has 0 saturated carbocycles. The Morgan fingerprint density at radius 3 is 2.27 bits per heavy atom. The monoisotopic (exact) mass is 249 g/mol. The Kier molecular flexibility index (Phi) is 13.2. The van der Waals surface area contributed by atoms with Gasteiger partial charge in [-0.15, -0.1) is 0 Å².